The Morgan fingerprint density at radius 1 is 1.00 bits per heavy atom. The van der Waals surface area contributed by atoms with Gasteiger partial charge in [0, 0.05) is 6.42 Å². The second-order valence-corrected chi connectivity index (χ2v) is 8.28. The summed E-state index contributed by atoms with van der Waals surface area (Å²) in [4.78, 5) is 75.6. The van der Waals surface area contributed by atoms with E-state index in [1.807, 2.05) is 0 Å². The van der Waals surface area contributed by atoms with E-state index in [-0.39, 0.29) is 36.1 Å². The molecule has 3 aliphatic rings. The van der Waals surface area contributed by atoms with Gasteiger partial charge in [-0.1, -0.05) is 0 Å². The van der Waals surface area contributed by atoms with Gasteiger partial charge in [-0.2, -0.15) is 0 Å². The van der Waals surface area contributed by atoms with Crippen molar-refractivity contribution in [3.05, 3.63) is 28.8 Å². The maximum absolute atomic E-state index is 13.2. The Bertz CT molecular complexity index is 1040. The molecule has 4 rings (SSSR count). The van der Waals surface area contributed by atoms with Crippen LogP contribution in [0.1, 0.15) is 46.0 Å². The summed E-state index contributed by atoms with van der Waals surface area (Å²) in [5, 5.41) is 10.3. The second-order valence-electron chi connectivity index (χ2n) is 8.28. The molecule has 1 aromatic carbocycles. The van der Waals surface area contributed by atoms with Gasteiger partial charge in [0.2, 0.25) is 0 Å². The van der Waals surface area contributed by atoms with Gasteiger partial charge < -0.3 is 9.84 Å². The summed E-state index contributed by atoms with van der Waals surface area (Å²) in [5.74, 6) is -8.90. The van der Waals surface area contributed by atoms with Crippen LogP contribution in [0.4, 0.5) is 0 Å². The third-order valence-electron chi connectivity index (χ3n) is 6.64. The molecule has 8 nitrogen and oxygen atoms in total. The molecule has 0 heterocycles. The van der Waals surface area contributed by atoms with E-state index >= 15 is 0 Å². The van der Waals surface area contributed by atoms with E-state index in [1.165, 1.54) is 19.2 Å². The average Bonchev–Trinajstić information content (AvgIpc) is 2.66. The molecule has 2 fully saturated rings. The first-order valence-electron chi connectivity index (χ1n) is 9.75. The van der Waals surface area contributed by atoms with Crippen LogP contribution < -0.4 is 0 Å². The van der Waals surface area contributed by atoms with Gasteiger partial charge in [-0.05, 0) is 49.3 Å². The molecule has 0 aromatic heterocycles. The monoisotopic (exact) mass is 412 g/mol. The molecule has 5 atom stereocenters. The predicted octanol–water partition coefficient (Wildman–Crippen LogP) is 1.10. The first kappa shape index (κ1) is 20.1. The average molecular weight is 412 g/mol. The molecule has 0 spiro atoms. The lowest BCUT2D eigenvalue weighted by Gasteiger charge is -2.44. The van der Waals surface area contributed by atoms with E-state index in [9.17, 15) is 33.9 Å². The fourth-order valence-corrected chi connectivity index (χ4v) is 5.42. The van der Waals surface area contributed by atoms with E-state index in [0.29, 0.717) is 5.56 Å². The maximum Gasteiger partial charge on any atom is 0.338 e. The standard InChI is InChI=1S/C22H20O8/c1-8(23)15-14(25)7-10-5-9-6-12-11(22(29)30-2)3-4-13(24)18(12)21(28)16(9)20(27)17(10)19(15)26/h3-4,9-10,15-17,24H,5-7H2,1-2H3. The number of carbonyl (C=O) groups excluding carboxylic acids is 6. The van der Waals surface area contributed by atoms with Crippen molar-refractivity contribution in [2.24, 2.45) is 29.6 Å². The quantitative estimate of drug-likeness (QED) is 0.564. The third-order valence-corrected chi connectivity index (χ3v) is 6.64. The van der Waals surface area contributed by atoms with Crippen LogP contribution in [-0.2, 0) is 30.3 Å². The number of carbonyl (C=O) groups is 6. The number of esters is 1. The van der Waals surface area contributed by atoms with Crippen LogP contribution in [-0.4, -0.2) is 47.1 Å². The molecular weight excluding hydrogens is 392 g/mol. The lowest BCUT2D eigenvalue weighted by Crippen LogP contribution is -2.55. The highest BCUT2D eigenvalue weighted by Gasteiger charge is 2.57. The smallest absolute Gasteiger partial charge is 0.338 e. The first-order chi connectivity index (χ1) is 14.2. The van der Waals surface area contributed by atoms with E-state index in [4.69, 9.17) is 4.74 Å². The molecule has 8 heteroatoms. The molecule has 2 saturated carbocycles. The third kappa shape index (κ3) is 2.74. The highest BCUT2D eigenvalue weighted by atomic mass is 16.5. The number of hydrogen-bond acceptors (Lipinski definition) is 8. The minimum Gasteiger partial charge on any atom is -0.507 e. The van der Waals surface area contributed by atoms with Crippen LogP contribution in [0.5, 0.6) is 5.75 Å². The zero-order valence-corrected chi connectivity index (χ0v) is 16.5. The Balaban J connectivity index is 1.78. The summed E-state index contributed by atoms with van der Waals surface area (Å²) in [5.41, 5.74) is 0.349. The summed E-state index contributed by atoms with van der Waals surface area (Å²) < 4.78 is 4.76. The van der Waals surface area contributed by atoms with Crippen LogP contribution in [0.15, 0.2) is 12.1 Å². The SMILES string of the molecule is COC(=O)c1ccc(O)c2c1CC1CC3CC(=O)C(C(C)=O)C(=O)C3C(=O)C1C2=O. The molecular formula is C22H20O8. The minimum absolute atomic E-state index is 0.0689. The van der Waals surface area contributed by atoms with Crippen LogP contribution in [0, 0.1) is 29.6 Å². The van der Waals surface area contributed by atoms with Crippen LogP contribution in [0.2, 0.25) is 0 Å². The van der Waals surface area contributed by atoms with E-state index in [0.717, 1.165) is 6.92 Å². The molecule has 5 unspecified atom stereocenters. The van der Waals surface area contributed by atoms with Crippen molar-refractivity contribution in [1.82, 2.24) is 0 Å². The van der Waals surface area contributed by atoms with Crippen molar-refractivity contribution in [2.45, 2.75) is 26.2 Å². The number of aromatic hydroxyl groups is 1. The molecule has 3 aliphatic carbocycles. The van der Waals surface area contributed by atoms with Gasteiger partial charge in [0.05, 0.1) is 30.1 Å². The molecule has 0 aliphatic heterocycles. The fourth-order valence-electron chi connectivity index (χ4n) is 5.42. The lowest BCUT2D eigenvalue weighted by atomic mass is 9.55. The molecule has 1 N–H and O–H groups in total. The van der Waals surface area contributed by atoms with Crippen molar-refractivity contribution < 1.29 is 38.6 Å². The maximum atomic E-state index is 13.2. The Kier molecular flexibility index (Phi) is 4.67. The number of Topliss-reactive ketones (excluding diaryl/α,β-unsaturated/α-hetero) is 5. The number of fused-ring (bicyclic) bond motifs is 3. The van der Waals surface area contributed by atoms with E-state index in [2.05, 4.69) is 0 Å². The fraction of sp³-hybridized carbons (Fsp3) is 0.455. The van der Waals surface area contributed by atoms with Gasteiger partial charge in [0.1, 0.15) is 17.5 Å². The first-order valence-corrected chi connectivity index (χ1v) is 9.75. The van der Waals surface area contributed by atoms with Gasteiger partial charge in [0.25, 0.3) is 0 Å². The summed E-state index contributed by atoms with van der Waals surface area (Å²) >= 11 is 0. The van der Waals surface area contributed by atoms with Crippen molar-refractivity contribution in [2.75, 3.05) is 7.11 Å². The number of ether oxygens (including phenoxy) is 1. The molecule has 0 radical (unpaired) electrons. The highest BCUT2D eigenvalue weighted by Crippen LogP contribution is 2.48. The summed E-state index contributed by atoms with van der Waals surface area (Å²) in [7, 11) is 1.20. The molecule has 0 saturated heterocycles. The molecule has 30 heavy (non-hydrogen) atoms. The number of phenolic OH excluding ortho intramolecular Hbond substituents is 1. The number of phenols is 1. The van der Waals surface area contributed by atoms with Crippen molar-refractivity contribution in [3.8, 4) is 5.75 Å². The van der Waals surface area contributed by atoms with E-state index < -0.39 is 64.5 Å². The van der Waals surface area contributed by atoms with Gasteiger partial charge in [-0.3, -0.25) is 24.0 Å². The normalized spacial score (nSPS) is 30.3. The molecule has 0 amide bonds. The Morgan fingerprint density at radius 3 is 2.30 bits per heavy atom. The highest BCUT2D eigenvalue weighted by molar-refractivity contribution is 6.28. The number of ketones is 5. The van der Waals surface area contributed by atoms with E-state index in [1.54, 1.807) is 0 Å². The number of methoxy groups -OCH3 is 1. The Labute approximate surface area is 171 Å². The van der Waals surface area contributed by atoms with Gasteiger partial charge in [-0.15, -0.1) is 0 Å². The molecule has 1 aromatic rings. The Hall–Kier alpha value is -3.16. The van der Waals surface area contributed by atoms with Crippen LogP contribution in [0.3, 0.4) is 0 Å². The number of benzene rings is 1. The van der Waals surface area contributed by atoms with Gasteiger partial charge >= 0.3 is 5.97 Å². The van der Waals surface area contributed by atoms with Crippen molar-refractivity contribution in [3.63, 3.8) is 0 Å². The van der Waals surface area contributed by atoms with Gasteiger partial charge in [0.15, 0.2) is 23.1 Å². The largest absolute Gasteiger partial charge is 0.507 e. The Morgan fingerprint density at radius 2 is 1.67 bits per heavy atom. The zero-order valence-electron chi connectivity index (χ0n) is 16.5. The summed E-state index contributed by atoms with van der Waals surface area (Å²) in [6, 6.07) is 2.57. The lowest BCUT2D eigenvalue weighted by molar-refractivity contribution is -0.152. The molecule has 156 valence electrons. The number of rotatable bonds is 2. The zero-order chi connectivity index (χ0) is 21.9. The molecule has 0 bridgehead atoms. The topological polar surface area (TPSA) is 132 Å². The van der Waals surface area contributed by atoms with Crippen LogP contribution >= 0.6 is 0 Å². The second kappa shape index (κ2) is 6.97. The predicted molar refractivity (Wildman–Crippen MR) is 99.9 cm³/mol. The van der Waals surface area contributed by atoms with Gasteiger partial charge in [-0.25, -0.2) is 4.79 Å². The summed E-state index contributed by atoms with van der Waals surface area (Å²) in [6.07, 6.45) is 0.364. The summed E-state index contributed by atoms with van der Waals surface area (Å²) in [6.45, 7) is 1.14. The minimum atomic E-state index is -1.45. The van der Waals surface area contributed by atoms with Crippen LogP contribution in [0.25, 0.3) is 0 Å². The van der Waals surface area contributed by atoms with Crippen molar-refractivity contribution >= 4 is 34.9 Å². The number of hydrogen-bond donors (Lipinski definition) is 1. The van der Waals surface area contributed by atoms with Crippen molar-refractivity contribution in [1.29, 1.82) is 0 Å².